The number of hydrogen-bond acceptors (Lipinski definition) is 5. The van der Waals surface area contributed by atoms with Gasteiger partial charge in [-0.1, -0.05) is 33.1 Å². The molecule has 0 aliphatic heterocycles. The number of nitrogens with one attached hydrogen (secondary N) is 1. The van der Waals surface area contributed by atoms with E-state index in [1.54, 1.807) is 16.0 Å². The quantitative estimate of drug-likeness (QED) is 0.667. The molecule has 0 saturated heterocycles. The van der Waals surface area contributed by atoms with Crippen LogP contribution < -0.4 is 16.6 Å². The average molecular weight is 418 g/mol. The normalized spacial score (nSPS) is 15.6. The van der Waals surface area contributed by atoms with Gasteiger partial charge in [0.2, 0.25) is 11.7 Å². The van der Waals surface area contributed by atoms with E-state index in [1.807, 2.05) is 0 Å². The highest BCUT2D eigenvalue weighted by atomic mass is 32.1. The van der Waals surface area contributed by atoms with E-state index in [9.17, 15) is 14.4 Å². The third kappa shape index (κ3) is 3.88. The highest BCUT2D eigenvalue weighted by Gasteiger charge is 2.21. The van der Waals surface area contributed by atoms with Crippen molar-refractivity contribution in [2.75, 3.05) is 0 Å². The standard InChI is InChI=1S/C20H27N5O3S/c1-13(2)8-10-23-18(27)17-15(9-11-29-17)25-19(23)22-24(20(25)28)12-16(26)21-14-6-4-3-5-7-14/h9,11,13-14H,3-8,10,12H2,1-2H3,(H,21,26). The molecule has 156 valence electrons. The van der Waals surface area contributed by atoms with Crippen LogP contribution in [0.5, 0.6) is 0 Å². The Kier molecular flexibility index (Phi) is 5.58. The molecule has 0 unspecified atom stereocenters. The van der Waals surface area contributed by atoms with Crippen LogP contribution in [0.3, 0.4) is 0 Å². The third-order valence-electron chi connectivity index (χ3n) is 5.58. The maximum Gasteiger partial charge on any atom is 0.352 e. The zero-order valence-electron chi connectivity index (χ0n) is 16.9. The lowest BCUT2D eigenvalue weighted by Crippen LogP contribution is -2.40. The van der Waals surface area contributed by atoms with E-state index in [0.717, 1.165) is 32.1 Å². The predicted octanol–water partition coefficient (Wildman–Crippen LogP) is 2.37. The van der Waals surface area contributed by atoms with Crippen molar-refractivity contribution in [2.24, 2.45) is 5.92 Å². The van der Waals surface area contributed by atoms with Crippen LogP contribution in [0.25, 0.3) is 16.0 Å². The van der Waals surface area contributed by atoms with Crippen molar-refractivity contribution in [2.45, 2.75) is 71.5 Å². The number of aromatic nitrogens is 4. The maximum atomic E-state index is 13.0. The molecule has 0 bridgehead atoms. The molecule has 3 aromatic rings. The van der Waals surface area contributed by atoms with Crippen molar-refractivity contribution in [3.05, 3.63) is 32.3 Å². The minimum absolute atomic E-state index is 0.132. The second-order valence-electron chi connectivity index (χ2n) is 8.25. The van der Waals surface area contributed by atoms with Gasteiger partial charge in [0, 0.05) is 12.6 Å². The molecule has 0 atom stereocenters. The number of carbonyl (C=O) groups is 1. The Bertz CT molecular complexity index is 1150. The Morgan fingerprint density at radius 2 is 2.03 bits per heavy atom. The van der Waals surface area contributed by atoms with Gasteiger partial charge >= 0.3 is 5.69 Å². The van der Waals surface area contributed by atoms with Crippen LogP contribution >= 0.6 is 11.3 Å². The lowest BCUT2D eigenvalue weighted by Gasteiger charge is -2.22. The molecule has 1 amide bonds. The largest absolute Gasteiger partial charge is 0.352 e. The maximum absolute atomic E-state index is 13.0. The molecule has 4 rings (SSSR count). The topological polar surface area (TPSA) is 90.4 Å². The fraction of sp³-hybridized carbons (Fsp3) is 0.600. The Balaban J connectivity index is 1.71. The minimum Gasteiger partial charge on any atom is -0.352 e. The Hall–Kier alpha value is -2.42. The first-order chi connectivity index (χ1) is 14.0. The first-order valence-corrected chi connectivity index (χ1v) is 11.2. The SMILES string of the molecule is CC(C)CCn1c(=O)c2sccc2n2c(=O)n(CC(=O)NC3CCCCC3)nc12. The number of nitrogens with zero attached hydrogens (tertiary/aromatic N) is 4. The number of rotatable bonds is 6. The first kappa shape index (κ1) is 19.9. The molecule has 0 spiro atoms. The molecular formula is C20H27N5O3S. The number of amides is 1. The van der Waals surface area contributed by atoms with Crippen LogP contribution in [0, 0.1) is 5.92 Å². The van der Waals surface area contributed by atoms with Gasteiger partial charge in [-0.15, -0.1) is 16.4 Å². The molecule has 0 radical (unpaired) electrons. The highest BCUT2D eigenvalue weighted by molar-refractivity contribution is 7.17. The van der Waals surface area contributed by atoms with Gasteiger partial charge in [-0.25, -0.2) is 13.9 Å². The van der Waals surface area contributed by atoms with Crippen LogP contribution in [0.1, 0.15) is 52.4 Å². The van der Waals surface area contributed by atoms with Gasteiger partial charge in [-0.2, -0.15) is 0 Å². The summed E-state index contributed by atoms with van der Waals surface area (Å²) in [6, 6.07) is 1.94. The van der Waals surface area contributed by atoms with Crippen molar-refractivity contribution in [3.8, 4) is 0 Å². The molecule has 1 aliphatic carbocycles. The summed E-state index contributed by atoms with van der Waals surface area (Å²) in [5, 5.41) is 9.21. The summed E-state index contributed by atoms with van der Waals surface area (Å²) in [4.78, 5) is 38.5. The second-order valence-corrected chi connectivity index (χ2v) is 9.17. The van der Waals surface area contributed by atoms with E-state index in [1.165, 1.54) is 26.8 Å². The van der Waals surface area contributed by atoms with E-state index in [2.05, 4.69) is 24.3 Å². The molecule has 9 heteroatoms. The average Bonchev–Trinajstić information content (AvgIpc) is 3.28. The van der Waals surface area contributed by atoms with Crippen molar-refractivity contribution >= 4 is 33.2 Å². The van der Waals surface area contributed by atoms with Crippen LogP contribution in [-0.2, 0) is 17.9 Å². The van der Waals surface area contributed by atoms with Gasteiger partial charge in [0.1, 0.15) is 11.2 Å². The fourth-order valence-electron chi connectivity index (χ4n) is 3.98. The van der Waals surface area contributed by atoms with Crippen LogP contribution in [0.2, 0.25) is 0 Å². The third-order valence-corrected chi connectivity index (χ3v) is 6.47. The molecule has 1 N–H and O–H groups in total. The van der Waals surface area contributed by atoms with E-state index in [0.29, 0.717) is 28.5 Å². The summed E-state index contributed by atoms with van der Waals surface area (Å²) in [5.74, 6) is 0.508. The zero-order valence-corrected chi connectivity index (χ0v) is 17.7. The first-order valence-electron chi connectivity index (χ1n) is 10.3. The molecule has 8 nitrogen and oxygen atoms in total. The molecule has 29 heavy (non-hydrogen) atoms. The number of aryl methyl sites for hydroxylation is 1. The Morgan fingerprint density at radius 3 is 2.76 bits per heavy atom. The summed E-state index contributed by atoms with van der Waals surface area (Å²) in [5.41, 5.74) is 0.0344. The van der Waals surface area contributed by atoms with Crippen molar-refractivity contribution in [1.82, 2.24) is 24.1 Å². The molecule has 1 aliphatic rings. The summed E-state index contributed by atoms with van der Waals surface area (Å²) in [7, 11) is 0. The van der Waals surface area contributed by atoms with E-state index < -0.39 is 0 Å². The lowest BCUT2D eigenvalue weighted by molar-refractivity contribution is -0.122. The van der Waals surface area contributed by atoms with Crippen molar-refractivity contribution < 1.29 is 4.79 Å². The van der Waals surface area contributed by atoms with Gasteiger partial charge in [0.25, 0.3) is 5.56 Å². The summed E-state index contributed by atoms with van der Waals surface area (Å²) >= 11 is 1.32. The van der Waals surface area contributed by atoms with Crippen LogP contribution in [0.15, 0.2) is 21.0 Å². The minimum atomic E-state index is -0.388. The summed E-state index contributed by atoms with van der Waals surface area (Å²) < 4.78 is 4.74. The summed E-state index contributed by atoms with van der Waals surface area (Å²) in [6.07, 6.45) is 6.22. The zero-order chi connectivity index (χ0) is 20.5. The van der Waals surface area contributed by atoms with E-state index >= 15 is 0 Å². The van der Waals surface area contributed by atoms with Gasteiger partial charge < -0.3 is 5.32 Å². The number of hydrogen-bond donors (Lipinski definition) is 1. The molecule has 3 aromatic heterocycles. The Morgan fingerprint density at radius 1 is 1.28 bits per heavy atom. The van der Waals surface area contributed by atoms with Crippen LogP contribution in [0.4, 0.5) is 0 Å². The van der Waals surface area contributed by atoms with Gasteiger partial charge in [-0.3, -0.25) is 14.2 Å². The molecule has 1 saturated carbocycles. The van der Waals surface area contributed by atoms with Gasteiger partial charge in [0.05, 0.1) is 5.52 Å². The Labute approximate surface area is 172 Å². The lowest BCUT2D eigenvalue weighted by atomic mass is 9.95. The summed E-state index contributed by atoms with van der Waals surface area (Å²) in [6.45, 7) is 4.53. The molecule has 1 fully saturated rings. The smallest absolute Gasteiger partial charge is 0.352 e. The molecule has 3 heterocycles. The van der Waals surface area contributed by atoms with Gasteiger partial charge in [0.15, 0.2) is 0 Å². The van der Waals surface area contributed by atoms with Crippen molar-refractivity contribution in [1.29, 1.82) is 0 Å². The fourth-order valence-corrected chi connectivity index (χ4v) is 4.81. The van der Waals surface area contributed by atoms with Gasteiger partial charge in [-0.05, 0) is 36.6 Å². The van der Waals surface area contributed by atoms with E-state index in [-0.39, 0.29) is 29.7 Å². The van der Waals surface area contributed by atoms with E-state index in [4.69, 9.17) is 0 Å². The number of carbonyl (C=O) groups excluding carboxylic acids is 1. The molecule has 0 aromatic carbocycles. The highest BCUT2D eigenvalue weighted by Crippen LogP contribution is 2.18. The second kappa shape index (κ2) is 8.14. The molecular weight excluding hydrogens is 390 g/mol. The number of fused-ring (bicyclic) bond motifs is 3. The monoisotopic (exact) mass is 417 g/mol. The number of thiophene rings is 1. The predicted molar refractivity (Wildman–Crippen MR) is 114 cm³/mol. The van der Waals surface area contributed by atoms with Crippen LogP contribution in [-0.4, -0.2) is 30.7 Å². The van der Waals surface area contributed by atoms with Crippen molar-refractivity contribution in [3.63, 3.8) is 0 Å².